The van der Waals surface area contributed by atoms with Gasteiger partial charge in [0.05, 0.1) is 0 Å². The van der Waals surface area contributed by atoms with Gasteiger partial charge >= 0.3 is 0 Å². The Kier molecular flexibility index (Phi) is 2.13. The van der Waals surface area contributed by atoms with Crippen LogP contribution >= 0.6 is 0 Å². The quantitative estimate of drug-likeness (QED) is 0.760. The Morgan fingerprint density at radius 2 is 2.19 bits per heavy atom. The van der Waals surface area contributed by atoms with Crippen LogP contribution < -0.4 is 0 Å². The highest BCUT2D eigenvalue weighted by molar-refractivity contribution is 5.68. The van der Waals surface area contributed by atoms with Gasteiger partial charge in [-0.1, -0.05) is 36.0 Å². The first-order valence-corrected chi connectivity index (χ1v) is 5.53. The molecule has 1 unspecified atom stereocenters. The van der Waals surface area contributed by atoms with Gasteiger partial charge in [0, 0.05) is 12.0 Å². The second-order valence-electron chi connectivity index (χ2n) is 4.20. The van der Waals surface area contributed by atoms with Crippen LogP contribution in [0.1, 0.15) is 29.2 Å². The summed E-state index contributed by atoms with van der Waals surface area (Å²) in [5, 5.41) is 3.96. The normalized spacial score (nSPS) is 18.4. The van der Waals surface area contributed by atoms with Crippen LogP contribution in [0, 0.1) is 0 Å². The molecule has 16 heavy (non-hydrogen) atoms. The minimum Gasteiger partial charge on any atom is -0.364 e. The van der Waals surface area contributed by atoms with Gasteiger partial charge < -0.3 is 4.52 Å². The van der Waals surface area contributed by atoms with Crippen LogP contribution in [0.2, 0.25) is 0 Å². The minimum absolute atomic E-state index is 0.404. The van der Waals surface area contributed by atoms with E-state index in [2.05, 4.69) is 36.0 Å². The molecule has 0 amide bonds. The molecule has 3 rings (SSSR count). The number of aryl methyl sites for hydroxylation is 1. The molecular formula is C14H13NO. The van der Waals surface area contributed by atoms with Gasteiger partial charge in [-0.2, -0.15) is 0 Å². The van der Waals surface area contributed by atoms with Gasteiger partial charge in [0.15, 0.2) is 0 Å². The summed E-state index contributed by atoms with van der Waals surface area (Å²) in [6, 6.07) is 10.5. The fourth-order valence-corrected chi connectivity index (χ4v) is 2.48. The lowest BCUT2D eigenvalue weighted by atomic mass is 9.92. The zero-order valence-corrected chi connectivity index (χ0v) is 9.02. The molecule has 1 aromatic heterocycles. The summed E-state index contributed by atoms with van der Waals surface area (Å²) >= 11 is 0. The fraction of sp³-hybridized carbons (Fsp3) is 0.214. The summed E-state index contributed by atoms with van der Waals surface area (Å²) in [7, 11) is 0. The number of allylic oxidation sites excluding steroid dienone is 1. The lowest BCUT2D eigenvalue weighted by molar-refractivity contribution is 0.417. The van der Waals surface area contributed by atoms with Crippen molar-refractivity contribution in [2.75, 3.05) is 0 Å². The van der Waals surface area contributed by atoms with Crippen LogP contribution in [0.25, 0.3) is 5.57 Å². The summed E-state index contributed by atoms with van der Waals surface area (Å²) in [6.07, 6.45) is 3.87. The predicted molar refractivity (Wildman–Crippen MR) is 63.0 cm³/mol. The molecule has 1 heterocycles. The molecule has 0 radical (unpaired) electrons. The van der Waals surface area contributed by atoms with Crippen LogP contribution in [-0.2, 0) is 6.42 Å². The highest BCUT2D eigenvalue weighted by atomic mass is 16.5. The van der Waals surface area contributed by atoms with Gasteiger partial charge in [-0.15, -0.1) is 0 Å². The van der Waals surface area contributed by atoms with E-state index in [9.17, 15) is 0 Å². The highest BCUT2D eigenvalue weighted by Gasteiger charge is 2.25. The predicted octanol–water partition coefficient (Wildman–Crippen LogP) is 3.42. The number of hydrogen-bond acceptors (Lipinski definition) is 2. The first kappa shape index (κ1) is 9.40. The van der Waals surface area contributed by atoms with Crippen molar-refractivity contribution in [2.24, 2.45) is 0 Å². The van der Waals surface area contributed by atoms with Crippen molar-refractivity contribution in [3.05, 3.63) is 60.0 Å². The molecular weight excluding hydrogens is 198 g/mol. The second kappa shape index (κ2) is 3.63. The molecule has 80 valence electrons. The van der Waals surface area contributed by atoms with Crippen LogP contribution in [0.5, 0.6) is 0 Å². The third-order valence-corrected chi connectivity index (χ3v) is 3.32. The van der Waals surface area contributed by atoms with Crippen molar-refractivity contribution < 1.29 is 4.52 Å². The molecule has 0 saturated carbocycles. The smallest absolute Gasteiger partial charge is 0.124 e. The Bertz CT molecular complexity index is 513. The second-order valence-corrected chi connectivity index (χ2v) is 4.20. The van der Waals surface area contributed by atoms with E-state index in [1.54, 1.807) is 6.26 Å². The Balaban J connectivity index is 1.96. The summed E-state index contributed by atoms with van der Waals surface area (Å²) in [4.78, 5) is 0. The molecule has 0 N–H and O–H groups in total. The van der Waals surface area contributed by atoms with E-state index in [1.807, 2.05) is 6.07 Å². The Hall–Kier alpha value is -1.83. The number of nitrogens with zero attached hydrogens (tertiary/aromatic N) is 1. The SMILES string of the molecule is C=C(c1ccon1)C1CCc2ccccc21. The molecule has 0 saturated heterocycles. The largest absolute Gasteiger partial charge is 0.364 e. The lowest BCUT2D eigenvalue weighted by Gasteiger charge is -2.12. The number of fused-ring (bicyclic) bond motifs is 1. The third-order valence-electron chi connectivity index (χ3n) is 3.32. The van der Waals surface area contributed by atoms with E-state index in [0.29, 0.717) is 5.92 Å². The standard InChI is InChI=1S/C14H13NO/c1-10(14-8-9-16-15-14)12-7-6-11-4-2-3-5-13(11)12/h2-5,8-9,12H,1,6-7H2. The number of hydrogen-bond donors (Lipinski definition) is 0. The summed E-state index contributed by atoms with van der Waals surface area (Å²) in [5.74, 6) is 0.404. The zero-order chi connectivity index (χ0) is 11.0. The van der Waals surface area contributed by atoms with Crippen molar-refractivity contribution in [1.29, 1.82) is 0 Å². The summed E-state index contributed by atoms with van der Waals surface area (Å²) < 4.78 is 4.87. The maximum absolute atomic E-state index is 4.87. The van der Waals surface area contributed by atoms with E-state index >= 15 is 0 Å². The molecule has 2 nitrogen and oxygen atoms in total. The number of aromatic nitrogens is 1. The topological polar surface area (TPSA) is 26.0 Å². The first-order chi connectivity index (χ1) is 7.86. The van der Waals surface area contributed by atoms with Crippen molar-refractivity contribution in [3.8, 4) is 0 Å². The van der Waals surface area contributed by atoms with Gasteiger partial charge in [0.1, 0.15) is 12.0 Å². The minimum atomic E-state index is 0.404. The number of rotatable bonds is 2. The van der Waals surface area contributed by atoms with Crippen LogP contribution in [0.4, 0.5) is 0 Å². The third kappa shape index (κ3) is 1.38. The van der Waals surface area contributed by atoms with E-state index in [-0.39, 0.29) is 0 Å². The van der Waals surface area contributed by atoms with Crippen molar-refractivity contribution in [2.45, 2.75) is 18.8 Å². The summed E-state index contributed by atoms with van der Waals surface area (Å²) in [6.45, 7) is 4.16. The fourth-order valence-electron chi connectivity index (χ4n) is 2.48. The van der Waals surface area contributed by atoms with Crippen molar-refractivity contribution in [1.82, 2.24) is 5.16 Å². The average Bonchev–Trinajstić information content (AvgIpc) is 2.98. The molecule has 1 aliphatic carbocycles. The molecule has 1 atom stereocenters. The number of benzene rings is 1. The van der Waals surface area contributed by atoms with E-state index in [4.69, 9.17) is 4.52 Å². The molecule has 2 heteroatoms. The molecule has 0 fully saturated rings. The molecule has 1 aromatic carbocycles. The maximum atomic E-state index is 4.87. The van der Waals surface area contributed by atoms with Gasteiger partial charge in [-0.05, 0) is 29.5 Å². The monoisotopic (exact) mass is 211 g/mol. The van der Waals surface area contributed by atoms with E-state index in [0.717, 1.165) is 24.1 Å². The van der Waals surface area contributed by atoms with E-state index < -0.39 is 0 Å². The molecule has 0 spiro atoms. The Labute approximate surface area is 94.6 Å². The Morgan fingerprint density at radius 3 is 3.00 bits per heavy atom. The van der Waals surface area contributed by atoms with Gasteiger partial charge in [-0.3, -0.25) is 0 Å². The molecule has 1 aliphatic rings. The van der Waals surface area contributed by atoms with Gasteiger partial charge in [0.2, 0.25) is 0 Å². The molecule has 2 aromatic rings. The van der Waals surface area contributed by atoms with Crippen molar-refractivity contribution in [3.63, 3.8) is 0 Å². The molecule has 0 aliphatic heterocycles. The lowest BCUT2D eigenvalue weighted by Crippen LogP contribution is -1.96. The van der Waals surface area contributed by atoms with E-state index in [1.165, 1.54) is 11.1 Å². The maximum Gasteiger partial charge on any atom is 0.124 e. The van der Waals surface area contributed by atoms with Crippen LogP contribution in [0.15, 0.2) is 47.7 Å². The van der Waals surface area contributed by atoms with Gasteiger partial charge in [-0.25, -0.2) is 0 Å². The van der Waals surface area contributed by atoms with Crippen LogP contribution in [-0.4, -0.2) is 5.16 Å². The Morgan fingerprint density at radius 1 is 1.31 bits per heavy atom. The average molecular weight is 211 g/mol. The first-order valence-electron chi connectivity index (χ1n) is 5.53. The molecule has 0 bridgehead atoms. The van der Waals surface area contributed by atoms with Gasteiger partial charge in [0.25, 0.3) is 0 Å². The van der Waals surface area contributed by atoms with Crippen molar-refractivity contribution >= 4 is 5.57 Å². The zero-order valence-electron chi connectivity index (χ0n) is 9.02. The van der Waals surface area contributed by atoms with Crippen LogP contribution in [0.3, 0.4) is 0 Å². The highest BCUT2D eigenvalue weighted by Crippen LogP contribution is 2.40. The summed E-state index contributed by atoms with van der Waals surface area (Å²) in [5.41, 5.74) is 4.79.